The smallest absolute Gasteiger partial charge is 0.340 e. The zero-order chi connectivity index (χ0) is 15.5. The van der Waals surface area contributed by atoms with E-state index < -0.39 is 0 Å². The molecule has 1 aromatic carbocycles. The van der Waals surface area contributed by atoms with Crippen molar-refractivity contribution in [1.82, 2.24) is 20.5 Å². The fourth-order valence-electron chi connectivity index (χ4n) is 2.85. The number of rotatable bonds is 6. The van der Waals surface area contributed by atoms with Crippen LogP contribution in [0.25, 0.3) is 0 Å². The van der Waals surface area contributed by atoms with E-state index in [2.05, 4.69) is 39.6 Å². The monoisotopic (exact) mass is 300 g/mol. The molecule has 0 saturated heterocycles. The Morgan fingerprint density at radius 2 is 2.23 bits per heavy atom. The summed E-state index contributed by atoms with van der Waals surface area (Å²) in [5, 5.41) is 9.13. The number of nitrogens with one attached hydrogen (secondary N) is 3. The molecule has 116 valence electrons. The lowest BCUT2D eigenvalue weighted by molar-refractivity contribution is -0.122. The maximum atomic E-state index is 12.1. The van der Waals surface area contributed by atoms with E-state index in [0.717, 1.165) is 12.8 Å². The Balaban J connectivity index is 1.42. The van der Waals surface area contributed by atoms with Crippen molar-refractivity contribution in [2.24, 2.45) is 5.92 Å². The summed E-state index contributed by atoms with van der Waals surface area (Å²) in [6.45, 7) is 2.69. The largest absolute Gasteiger partial charge is 0.356 e. The zero-order valence-electron chi connectivity index (χ0n) is 12.6. The number of hydrogen-bond acceptors (Lipinski definition) is 3. The second-order valence-electron chi connectivity index (χ2n) is 5.82. The van der Waals surface area contributed by atoms with Gasteiger partial charge < -0.3 is 5.32 Å². The van der Waals surface area contributed by atoms with E-state index in [1.54, 1.807) is 0 Å². The van der Waals surface area contributed by atoms with Crippen LogP contribution in [0.4, 0.5) is 0 Å². The molecule has 6 nitrogen and oxygen atoms in total. The lowest BCUT2D eigenvalue weighted by Gasteiger charge is -2.06. The fourth-order valence-corrected chi connectivity index (χ4v) is 2.85. The number of aromatic nitrogens is 3. The van der Waals surface area contributed by atoms with Gasteiger partial charge in [-0.1, -0.05) is 24.3 Å². The average molecular weight is 300 g/mol. The number of carbonyl (C=O) groups is 1. The lowest BCUT2D eigenvalue weighted by Crippen LogP contribution is -2.26. The van der Waals surface area contributed by atoms with Crippen LogP contribution >= 0.6 is 0 Å². The topological polar surface area (TPSA) is 90.6 Å². The van der Waals surface area contributed by atoms with Gasteiger partial charge in [0.05, 0.1) is 0 Å². The van der Waals surface area contributed by atoms with Gasteiger partial charge in [0.15, 0.2) is 0 Å². The van der Waals surface area contributed by atoms with Gasteiger partial charge in [-0.2, -0.15) is 5.10 Å². The molecule has 2 unspecified atom stereocenters. The molecule has 0 radical (unpaired) electrons. The summed E-state index contributed by atoms with van der Waals surface area (Å²) in [5.74, 6) is 1.22. The maximum absolute atomic E-state index is 12.1. The molecule has 1 aliphatic carbocycles. The highest BCUT2D eigenvalue weighted by Gasteiger charge is 2.44. The van der Waals surface area contributed by atoms with Crippen LogP contribution in [0.1, 0.15) is 35.7 Å². The van der Waals surface area contributed by atoms with E-state index in [0.29, 0.717) is 24.7 Å². The van der Waals surface area contributed by atoms with Crippen LogP contribution in [-0.4, -0.2) is 27.6 Å². The van der Waals surface area contributed by atoms with Gasteiger partial charge in [-0.3, -0.25) is 9.78 Å². The Kier molecular flexibility index (Phi) is 4.09. The first-order valence-electron chi connectivity index (χ1n) is 7.62. The van der Waals surface area contributed by atoms with Crippen molar-refractivity contribution in [2.75, 3.05) is 6.54 Å². The predicted molar refractivity (Wildman–Crippen MR) is 82.6 cm³/mol. The molecule has 1 aliphatic rings. The fraction of sp³-hybridized carbons (Fsp3) is 0.438. The summed E-state index contributed by atoms with van der Waals surface area (Å²) in [6, 6.07) is 8.25. The summed E-state index contributed by atoms with van der Waals surface area (Å²) < 4.78 is 0. The summed E-state index contributed by atoms with van der Waals surface area (Å²) in [5.41, 5.74) is 2.25. The number of amides is 1. The summed E-state index contributed by atoms with van der Waals surface area (Å²) in [4.78, 5) is 25.6. The van der Waals surface area contributed by atoms with Crippen LogP contribution in [-0.2, 0) is 11.2 Å². The molecule has 0 bridgehead atoms. The molecule has 22 heavy (non-hydrogen) atoms. The van der Waals surface area contributed by atoms with Crippen molar-refractivity contribution in [3.63, 3.8) is 0 Å². The average Bonchev–Trinajstić information content (AvgIpc) is 3.19. The van der Waals surface area contributed by atoms with Gasteiger partial charge in [0.25, 0.3) is 0 Å². The van der Waals surface area contributed by atoms with Crippen LogP contribution < -0.4 is 11.0 Å². The third kappa shape index (κ3) is 3.27. The summed E-state index contributed by atoms with van der Waals surface area (Å²) in [6.07, 6.45) is 2.34. The van der Waals surface area contributed by atoms with Crippen molar-refractivity contribution in [3.8, 4) is 0 Å². The Morgan fingerprint density at radius 1 is 1.41 bits per heavy atom. The minimum absolute atomic E-state index is 0.103. The molecule has 0 aliphatic heterocycles. The molecule has 1 fully saturated rings. The van der Waals surface area contributed by atoms with E-state index in [1.165, 1.54) is 11.1 Å². The van der Waals surface area contributed by atoms with Gasteiger partial charge in [0, 0.05) is 18.9 Å². The number of hydrogen-bond donors (Lipinski definition) is 3. The molecule has 1 saturated carbocycles. The second kappa shape index (κ2) is 6.17. The number of aromatic amines is 2. The number of benzene rings is 1. The highest BCUT2D eigenvalue weighted by atomic mass is 16.2. The van der Waals surface area contributed by atoms with Crippen molar-refractivity contribution in [1.29, 1.82) is 0 Å². The van der Waals surface area contributed by atoms with E-state index in [1.807, 2.05) is 12.1 Å². The number of aryl methyl sites for hydroxylation is 2. The first-order valence-corrected chi connectivity index (χ1v) is 7.62. The van der Waals surface area contributed by atoms with Gasteiger partial charge in [-0.25, -0.2) is 9.89 Å². The Morgan fingerprint density at radius 3 is 2.95 bits per heavy atom. The van der Waals surface area contributed by atoms with Crippen molar-refractivity contribution in [2.45, 2.75) is 32.1 Å². The van der Waals surface area contributed by atoms with Crippen molar-refractivity contribution in [3.05, 3.63) is 51.7 Å². The Hall–Kier alpha value is -2.37. The van der Waals surface area contributed by atoms with Crippen LogP contribution in [0.5, 0.6) is 0 Å². The SMILES string of the molecule is Cc1ccccc1C1CC1C(=O)NCCCc1n[nH]c(=O)[nH]1. The summed E-state index contributed by atoms with van der Waals surface area (Å²) in [7, 11) is 0. The maximum Gasteiger partial charge on any atom is 0.340 e. The molecule has 2 aromatic rings. The van der Waals surface area contributed by atoms with Gasteiger partial charge in [0.1, 0.15) is 5.82 Å². The lowest BCUT2D eigenvalue weighted by atomic mass is 10.0. The Bertz CT molecular complexity index is 719. The predicted octanol–water partition coefficient (Wildman–Crippen LogP) is 1.26. The Labute approximate surface area is 128 Å². The molecule has 1 aromatic heterocycles. The number of carbonyl (C=O) groups excluding carboxylic acids is 1. The third-order valence-corrected chi connectivity index (χ3v) is 4.15. The molecule has 6 heteroatoms. The molecule has 1 heterocycles. The van der Waals surface area contributed by atoms with Crippen molar-refractivity contribution >= 4 is 5.91 Å². The van der Waals surface area contributed by atoms with Crippen molar-refractivity contribution < 1.29 is 4.79 Å². The molecule has 3 rings (SSSR count). The first-order chi connectivity index (χ1) is 10.6. The minimum atomic E-state index is -0.293. The molecule has 1 amide bonds. The minimum Gasteiger partial charge on any atom is -0.356 e. The molecule has 0 spiro atoms. The van der Waals surface area contributed by atoms with E-state index in [4.69, 9.17) is 0 Å². The molecule has 3 N–H and O–H groups in total. The number of nitrogens with zero attached hydrogens (tertiary/aromatic N) is 1. The standard InChI is InChI=1S/C16H20N4O2/c1-10-5-2-3-6-11(10)12-9-13(12)15(21)17-8-4-7-14-18-16(22)20-19-14/h2-3,5-6,12-13H,4,7-9H2,1H3,(H,17,21)(H2,18,19,20,22). The van der Waals surface area contributed by atoms with Crippen LogP contribution in [0, 0.1) is 12.8 Å². The number of H-pyrrole nitrogens is 2. The van der Waals surface area contributed by atoms with Crippen LogP contribution in [0.15, 0.2) is 29.1 Å². The van der Waals surface area contributed by atoms with E-state index in [9.17, 15) is 9.59 Å². The van der Waals surface area contributed by atoms with Crippen LogP contribution in [0.2, 0.25) is 0 Å². The van der Waals surface area contributed by atoms with Gasteiger partial charge in [-0.15, -0.1) is 0 Å². The molecule has 2 atom stereocenters. The zero-order valence-corrected chi connectivity index (χ0v) is 12.6. The van der Waals surface area contributed by atoms with Gasteiger partial charge in [-0.05, 0) is 36.8 Å². The van der Waals surface area contributed by atoms with Crippen LogP contribution in [0.3, 0.4) is 0 Å². The normalized spacial score (nSPS) is 19.9. The third-order valence-electron chi connectivity index (χ3n) is 4.15. The molecular weight excluding hydrogens is 280 g/mol. The summed E-state index contributed by atoms with van der Waals surface area (Å²) >= 11 is 0. The first kappa shape index (κ1) is 14.6. The van der Waals surface area contributed by atoms with E-state index in [-0.39, 0.29) is 17.5 Å². The van der Waals surface area contributed by atoms with E-state index >= 15 is 0 Å². The second-order valence-corrected chi connectivity index (χ2v) is 5.82. The van der Waals surface area contributed by atoms with Gasteiger partial charge >= 0.3 is 5.69 Å². The quantitative estimate of drug-likeness (QED) is 0.701. The highest BCUT2D eigenvalue weighted by Crippen LogP contribution is 2.48. The van der Waals surface area contributed by atoms with Gasteiger partial charge in [0.2, 0.25) is 5.91 Å². The highest BCUT2D eigenvalue weighted by molar-refractivity contribution is 5.83. The molecular formula is C16H20N4O2.